The van der Waals surface area contributed by atoms with Gasteiger partial charge in [0.15, 0.2) is 0 Å². The summed E-state index contributed by atoms with van der Waals surface area (Å²) < 4.78 is 5.46. The van der Waals surface area contributed by atoms with Crippen LogP contribution in [0.1, 0.15) is 77.2 Å². The molecule has 0 radical (unpaired) electrons. The molecule has 0 saturated carbocycles. The first-order valence-electron chi connectivity index (χ1n) is 8.86. The Morgan fingerprint density at radius 1 is 1.00 bits per heavy atom. The van der Waals surface area contributed by atoms with Crippen LogP contribution < -0.4 is 0 Å². The summed E-state index contributed by atoms with van der Waals surface area (Å²) in [5.41, 5.74) is 1.06. The van der Waals surface area contributed by atoms with Gasteiger partial charge in [-0.3, -0.25) is 4.79 Å². The van der Waals surface area contributed by atoms with Gasteiger partial charge in [-0.1, -0.05) is 83.2 Å². The number of hydrogen-bond donors (Lipinski definition) is 0. The number of carbonyl (C=O) groups is 1. The standard InChI is InChI=1S/C20H32O2/c1-4-19(18-14-10-8-11-15-18)20(21)22-16-12-7-5-6-9-13-17(2)3/h8,10-11,14-15,17,19H,4-7,9,12-13,16H2,1-3H3. The Kier molecular flexibility index (Phi) is 9.61. The molecule has 0 bridgehead atoms. The summed E-state index contributed by atoms with van der Waals surface area (Å²) in [5, 5.41) is 0. The average Bonchev–Trinajstić information content (AvgIpc) is 2.51. The lowest BCUT2D eigenvalue weighted by molar-refractivity contribution is -0.145. The van der Waals surface area contributed by atoms with Crippen LogP contribution >= 0.6 is 0 Å². The maximum Gasteiger partial charge on any atom is 0.313 e. The minimum atomic E-state index is -0.118. The first-order chi connectivity index (χ1) is 10.6. The molecule has 0 spiro atoms. The maximum atomic E-state index is 12.2. The van der Waals surface area contributed by atoms with Crippen LogP contribution in [0.5, 0.6) is 0 Å². The molecule has 0 heterocycles. The smallest absolute Gasteiger partial charge is 0.313 e. The molecule has 1 aromatic carbocycles. The van der Waals surface area contributed by atoms with E-state index >= 15 is 0 Å². The first kappa shape index (κ1) is 18.7. The molecule has 0 amide bonds. The fourth-order valence-electron chi connectivity index (χ4n) is 2.68. The highest BCUT2D eigenvalue weighted by atomic mass is 16.5. The number of hydrogen-bond acceptors (Lipinski definition) is 2. The molecule has 0 aromatic heterocycles. The van der Waals surface area contributed by atoms with Gasteiger partial charge in [0.1, 0.15) is 0 Å². The van der Waals surface area contributed by atoms with E-state index in [2.05, 4.69) is 13.8 Å². The summed E-state index contributed by atoms with van der Waals surface area (Å²) in [6, 6.07) is 9.93. The van der Waals surface area contributed by atoms with Crippen LogP contribution in [0.3, 0.4) is 0 Å². The van der Waals surface area contributed by atoms with Crippen molar-refractivity contribution in [3.63, 3.8) is 0 Å². The van der Waals surface area contributed by atoms with E-state index in [1.807, 2.05) is 37.3 Å². The van der Waals surface area contributed by atoms with Crippen molar-refractivity contribution in [2.45, 2.75) is 71.6 Å². The Hall–Kier alpha value is -1.31. The molecule has 1 atom stereocenters. The molecular formula is C20H32O2. The van der Waals surface area contributed by atoms with Crippen LogP contribution in [0.15, 0.2) is 30.3 Å². The molecule has 2 heteroatoms. The van der Waals surface area contributed by atoms with E-state index in [0.29, 0.717) is 6.61 Å². The third-order valence-corrected chi connectivity index (χ3v) is 4.06. The molecule has 2 nitrogen and oxygen atoms in total. The van der Waals surface area contributed by atoms with Gasteiger partial charge in [0.05, 0.1) is 12.5 Å². The third kappa shape index (κ3) is 7.63. The Bertz CT molecular complexity index is 397. The van der Waals surface area contributed by atoms with E-state index in [-0.39, 0.29) is 11.9 Å². The van der Waals surface area contributed by atoms with Gasteiger partial charge in [-0.2, -0.15) is 0 Å². The maximum absolute atomic E-state index is 12.2. The van der Waals surface area contributed by atoms with E-state index in [9.17, 15) is 4.79 Å². The van der Waals surface area contributed by atoms with Crippen molar-refractivity contribution in [2.24, 2.45) is 5.92 Å². The Labute approximate surface area is 136 Å². The topological polar surface area (TPSA) is 26.3 Å². The second-order valence-electron chi connectivity index (χ2n) is 6.49. The Morgan fingerprint density at radius 2 is 1.64 bits per heavy atom. The highest BCUT2D eigenvalue weighted by Gasteiger charge is 2.19. The fourth-order valence-corrected chi connectivity index (χ4v) is 2.68. The SMILES string of the molecule is CCC(C(=O)OCCCCCCCC(C)C)c1ccccc1. The van der Waals surface area contributed by atoms with Crippen LogP contribution in [0.2, 0.25) is 0 Å². The van der Waals surface area contributed by atoms with Gasteiger partial charge in [-0.15, -0.1) is 0 Å². The quantitative estimate of drug-likeness (QED) is 0.386. The lowest BCUT2D eigenvalue weighted by Crippen LogP contribution is -2.16. The van der Waals surface area contributed by atoms with Crippen molar-refractivity contribution in [2.75, 3.05) is 6.61 Å². The summed E-state index contributed by atoms with van der Waals surface area (Å²) in [4.78, 5) is 12.2. The molecule has 1 unspecified atom stereocenters. The molecule has 0 aliphatic rings. The van der Waals surface area contributed by atoms with E-state index in [0.717, 1.165) is 30.7 Å². The zero-order valence-electron chi connectivity index (χ0n) is 14.5. The lowest BCUT2D eigenvalue weighted by Gasteiger charge is -2.14. The summed E-state index contributed by atoms with van der Waals surface area (Å²) in [5.74, 6) is 0.616. The third-order valence-electron chi connectivity index (χ3n) is 4.06. The van der Waals surface area contributed by atoms with E-state index < -0.39 is 0 Å². The highest BCUT2D eigenvalue weighted by molar-refractivity contribution is 5.78. The molecule has 0 aliphatic carbocycles. The lowest BCUT2D eigenvalue weighted by atomic mass is 9.97. The second-order valence-corrected chi connectivity index (χ2v) is 6.49. The van der Waals surface area contributed by atoms with E-state index in [1.54, 1.807) is 0 Å². The van der Waals surface area contributed by atoms with Crippen molar-refractivity contribution in [3.05, 3.63) is 35.9 Å². The van der Waals surface area contributed by atoms with Crippen molar-refractivity contribution < 1.29 is 9.53 Å². The summed E-state index contributed by atoms with van der Waals surface area (Å²) in [6.45, 7) is 7.15. The minimum Gasteiger partial charge on any atom is -0.465 e. The molecule has 0 N–H and O–H groups in total. The number of esters is 1. The van der Waals surface area contributed by atoms with Gasteiger partial charge in [-0.05, 0) is 24.3 Å². The van der Waals surface area contributed by atoms with Gasteiger partial charge in [-0.25, -0.2) is 0 Å². The zero-order valence-corrected chi connectivity index (χ0v) is 14.5. The highest BCUT2D eigenvalue weighted by Crippen LogP contribution is 2.21. The van der Waals surface area contributed by atoms with Crippen molar-refractivity contribution in [1.29, 1.82) is 0 Å². The largest absolute Gasteiger partial charge is 0.465 e. The van der Waals surface area contributed by atoms with Gasteiger partial charge < -0.3 is 4.74 Å². The van der Waals surface area contributed by atoms with Crippen LogP contribution in [0.4, 0.5) is 0 Å². The van der Waals surface area contributed by atoms with Gasteiger partial charge >= 0.3 is 5.97 Å². The van der Waals surface area contributed by atoms with Crippen LogP contribution in [-0.2, 0) is 9.53 Å². The zero-order chi connectivity index (χ0) is 16.2. The molecule has 124 valence electrons. The summed E-state index contributed by atoms with van der Waals surface area (Å²) in [7, 11) is 0. The number of ether oxygens (including phenoxy) is 1. The molecular weight excluding hydrogens is 272 g/mol. The fraction of sp³-hybridized carbons (Fsp3) is 0.650. The molecule has 0 aliphatic heterocycles. The molecule has 0 fully saturated rings. The van der Waals surface area contributed by atoms with Crippen LogP contribution in [0, 0.1) is 5.92 Å². The monoisotopic (exact) mass is 304 g/mol. The van der Waals surface area contributed by atoms with Crippen LogP contribution in [-0.4, -0.2) is 12.6 Å². The van der Waals surface area contributed by atoms with Gasteiger partial charge in [0.2, 0.25) is 0 Å². The van der Waals surface area contributed by atoms with Gasteiger partial charge in [0, 0.05) is 0 Å². The second kappa shape index (κ2) is 11.3. The molecule has 22 heavy (non-hydrogen) atoms. The van der Waals surface area contributed by atoms with Crippen molar-refractivity contribution in [1.82, 2.24) is 0 Å². The Balaban J connectivity index is 2.14. The molecule has 1 rings (SSSR count). The predicted octanol–water partition coefficient (Wildman–Crippen LogP) is 5.72. The normalized spacial score (nSPS) is 12.4. The van der Waals surface area contributed by atoms with Crippen molar-refractivity contribution >= 4 is 5.97 Å². The molecule has 1 aromatic rings. The minimum absolute atomic E-state index is 0.0755. The van der Waals surface area contributed by atoms with Gasteiger partial charge in [0.25, 0.3) is 0 Å². The van der Waals surface area contributed by atoms with E-state index in [4.69, 9.17) is 4.74 Å². The number of rotatable bonds is 11. The van der Waals surface area contributed by atoms with Crippen LogP contribution in [0.25, 0.3) is 0 Å². The number of carbonyl (C=O) groups excluding carboxylic acids is 1. The first-order valence-corrected chi connectivity index (χ1v) is 8.86. The molecule has 0 saturated heterocycles. The average molecular weight is 304 g/mol. The summed E-state index contributed by atoms with van der Waals surface area (Å²) >= 11 is 0. The number of unbranched alkanes of at least 4 members (excludes halogenated alkanes) is 4. The number of benzene rings is 1. The summed E-state index contributed by atoms with van der Waals surface area (Å²) in [6.07, 6.45) is 8.13. The predicted molar refractivity (Wildman–Crippen MR) is 93.0 cm³/mol. The Morgan fingerprint density at radius 3 is 2.27 bits per heavy atom. The van der Waals surface area contributed by atoms with E-state index in [1.165, 1.54) is 25.7 Å². The van der Waals surface area contributed by atoms with Crippen molar-refractivity contribution in [3.8, 4) is 0 Å².